The van der Waals surface area contributed by atoms with Crippen molar-refractivity contribution >= 4 is 17.2 Å². The van der Waals surface area contributed by atoms with E-state index in [9.17, 15) is 9.90 Å². The lowest BCUT2D eigenvalue weighted by Crippen LogP contribution is -2.55. The van der Waals surface area contributed by atoms with Crippen molar-refractivity contribution < 1.29 is 9.90 Å². The van der Waals surface area contributed by atoms with Crippen molar-refractivity contribution in [1.29, 1.82) is 0 Å². The van der Waals surface area contributed by atoms with Crippen molar-refractivity contribution in [2.45, 2.75) is 38.8 Å². The zero-order chi connectivity index (χ0) is 16.1. The molecule has 124 valence electrons. The Hall–Kier alpha value is -1.02. The number of carbonyl (C=O) groups excluding carboxylic acids is 1. The van der Waals surface area contributed by atoms with E-state index >= 15 is 0 Å². The van der Waals surface area contributed by atoms with Crippen LogP contribution in [-0.4, -0.2) is 70.7 Å². The van der Waals surface area contributed by atoms with Crippen molar-refractivity contribution in [1.82, 2.24) is 14.8 Å². The van der Waals surface area contributed by atoms with Crippen LogP contribution in [0.2, 0.25) is 0 Å². The standard InChI is InChI=1S/C15H26N4O2S/c1-3-12-9-19(7-6-18(12)8-11(2)20)15(21)13-10-22-14(17-13)4-5-16/h10-12,20H,3-9,16H2,1-2H3. The van der Waals surface area contributed by atoms with E-state index in [-0.39, 0.29) is 12.0 Å². The average Bonchev–Trinajstić information content (AvgIpc) is 2.95. The lowest BCUT2D eigenvalue weighted by Gasteiger charge is -2.41. The fourth-order valence-electron chi connectivity index (χ4n) is 2.85. The molecule has 0 aliphatic carbocycles. The molecular weight excluding hydrogens is 300 g/mol. The number of nitrogens with two attached hydrogens (primary N) is 1. The highest BCUT2D eigenvalue weighted by molar-refractivity contribution is 7.09. The molecule has 7 heteroatoms. The maximum absolute atomic E-state index is 12.6. The summed E-state index contributed by atoms with van der Waals surface area (Å²) in [6.07, 6.45) is 1.35. The second-order valence-corrected chi connectivity index (χ2v) is 6.77. The van der Waals surface area contributed by atoms with E-state index in [1.807, 2.05) is 10.3 Å². The van der Waals surface area contributed by atoms with Gasteiger partial charge in [0, 0.05) is 44.0 Å². The number of thiazole rings is 1. The van der Waals surface area contributed by atoms with E-state index in [0.717, 1.165) is 24.4 Å². The molecule has 2 heterocycles. The molecule has 6 nitrogen and oxygen atoms in total. The zero-order valence-electron chi connectivity index (χ0n) is 13.4. The van der Waals surface area contributed by atoms with Crippen LogP contribution in [0.4, 0.5) is 0 Å². The molecule has 2 rings (SSSR count). The van der Waals surface area contributed by atoms with E-state index < -0.39 is 0 Å². The first-order valence-electron chi connectivity index (χ1n) is 7.91. The van der Waals surface area contributed by atoms with Gasteiger partial charge in [-0.2, -0.15) is 0 Å². The molecule has 1 fully saturated rings. The van der Waals surface area contributed by atoms with E-state index in [4.69, 9.17) is 5.73 Å². The molecule has 2 atom stereocenters. The second kappa shape index (κ2) is 8.01. The average molecular weight is 326 g/mol. The summed E-state index contributed by atoms with van der Waals surface area (Å²) in [7, 11) is 0. The summed E-state index contributed by atoms with van der Waals surface area (Å²) in [4.78, 5) is 21.1. The summed E-state index contributed by atoms with van der Waals surface area (Å²) in [6.45, 7) is 7.33. The minimum absolute atomic E-state index is 0.00895. The summed E-state index contributed by atoms with van der Waals surface area (Å²) in [5.41, 5.74) is 6.06. The zero-order valence-corrected chi connectivity index (χ0v) is 14.2. The van der Waals surface area contributed by atoms with Gasteiger partial charge in [0.2, 0.25) is 0 Å². The largest absolute Gasteiger partial charge is 0.392 e. The van der Waals surface area contributed by atoms with Crippen molar-refractivity contribution in [2.75, 3.05) is 32.7 Å². The molecule has 1 saturated heterocycles. The molecule has 1 aliphatic rings. The predicted octanol–water partition coefficient (Wildman–Crippen LogP) is 0.562. The summed E-state index contributed by atoms with van der Waals surface area (Å²) in [5, 5.41) is 12.3. The van der Waals surface area contributed by atoms with Gasteiger partial charge in [-0.3, -0.25) is 9.69 Å². The fourth-order valence-corrected chi connectivity index (χ4v) is 3.64. The highest BCUT2D eigenvalue weighted by Gasteiger charge is 2.30. The quantitative estimate of drug-likeness (QED) is 0.798. The molecule has 0 saturated carbocycles. The van der Waals surface area contributed by atoms with Crippen LogP contribution in [0, 0.1) is 0 Å². The number of aromatic nitrogens is 1. The van der Waals surface area contributed by atoms with Gasteiger partial charge in [0.25, 0.3) is 5.91 Å². The van der Waals surface area contributed by atoms with Crippen LogP contribution in [0.3, 0.4) is 0 Å². The third-order valence-corrected chi connectivity index (χ3v) is 4.90. The molecule has 1 aromatic rings. The van der Waals surface area contributed by atoms with Crippen LogP contribution < -0.4 is 5.73 Å². The number of carbonyl (C=O) groups is 1. The molecule has 1 amide bonds. The molecule has 0 spiro atoms. The Morgan fingerprint density at radius 2 is 2.36 bits per heavy atom. The van der Waals surface area contributed by atoms with Crippen LogP contribution in [0.1, 0.15) is 35.8 Å². The van der Waals surface area contributed by atoms with Crippen LogP contribution in [0.5, 0.6) is 0 Å². The molecule has 2 unspecified atom stereocenters. The first-order chi connectivity index (χ1) is 10.5. The minimum Gasteiger partial charge on any atom is -0.392 e. The number of nitrogens with zero attached hydrogens (tertiary/aromatic N) is 3. The Labute approximate surface area is 135 Å². The fraction of sp³-hybridized carbons (Fsp3) is 0.733. The van der Waals surface area contributed by atoms with Crippen molar-refractivity contribution in [3.05, 3.63) is 16.1 Å². The van der Waals surface area contributed by atoms with E-state index in [1.54, 1.807) is 6.92 Å². The number of hydrogen-bond donors (Lipinski definition) is 2. The van der Waals surface area contributed by atoms with Gasteiger partial charge in [0.05, 0.1) is 11.1 Å². The van der Waals surface area contributed by atoms with Gasteiger partial charge in [0.1, 0.15) is 5.69 Å². The van der Waals surface area contributed by atoms with E-state index in [0.29, 0.717) is 37.9 Å². The van der Waals surface area contributed by atoms with Crippen molar-refractivity contribution in [2.24, 2.45) is 5.73 Å². The molecule has 1 aromatic heterocycles. The SMILES string of the molecule is CCC1CN(C(=O)c2csc(CCN)n2)CCN1CC(C)O. The minimum atomic E-state index is -0.339. The Morgan fingerprint density at radius 1 is 1.59 bits per heavy atom. The van der Waals surface area contributed by atoms with Crippen LogP contribution in [-0.2, 0) is 6.42 Å². The third-order valence-electron chi connectivity index (χ3n) is 3.99. The predicted molar refractivity (Wildman–Crippen MR) is 88.1 cm³/mol. The Morgan fingerprint density at radius 3 is 3.00 bits per heavy atom. The number of β-amino-alcohol motifs (C(OH)–C–C–N with tert-alkyl or cyclic N) is 1. The summed E-state index contributed by atoms with van der Waals surface area (Å²) in [6, 6.07) is 0.300. The molecule has 0 bridgehead atoms. The van der Waals surface area contributed by atoms with Crippen LogP contribution in [0.15, 0.2) is 5.38 Å². The highest BCUT2D eigenvalue weighted by atomic mass is 32.1. The lowest BCUT2D eigenvalue weighted by molar-refractivity contribution is 0.0307. The summed E-state index contributed by atoms with van der Waals surface area (Å²) in [5.74, 6) is 0.00895. The molecule has 22 heavy (non-hydrogen) atoms. The number of aliphatic hydroxyl groups is 1. The number of hydrogen-bond acceptors (Lipinski definition) is 6. The Balaban J connectivity index is 1.99. The monoisotopic (exact) mass is 326 g/mol. The van der Waals surface area contributed by atoms with Crippen LogP contribution >= 0.6 is 11.3 Å². The van der Waals surface area contributed by atoms with Crippen LogP contribution in [0.25, 0.3) is 0 Å². The first kappa shape index (κ1) is 17.3. The van der Waals surface area contributed by atoms with Gasteiger partial charge in [-0.1, -0.05) is 6.92 Å². The van der Waals surface area contributed by atoms with E-state index in [2.05, 4.69) is 16.8 Å². The van der Waals surface area contributed by atoms with Crippen molar-refractivity contribution in [3.8, 4) is 0 Å². The third kappa shape index (κ3) is 4.25. The van der Waals surface area contributed by atoms with Gasteiger partial charge in [-0.25, -0.2) is 4.98 Å². The second-order valence-electron chi connectivity index (χ2n) is 5.82. The smallest absolute Gasteiger partial charge is 0.273 e. The summed E-state index contributed by atoms with van der Waals surface area (Å²) >= 11 is 1.50. The Kier molecular flexibility index (Phi) is 6.31. The molecular formula is C15H26N4O2S. The Bertz CT molecular complexity index is 492. The van der Waals surface area contributed by atoms with E-state index in [1.165, 1.54) is 11.3 Å². The first-order valence-corrected chi connectivity index (χ1v) is 8.79. The van der Waals surface area contributed by atoms with Gasteiger partial charge in [-0.15, -0.1) is 11.3 Å². The topological polar surface area (TPSA) is 82.7 Å². The van der Waals surface area contributed by atoms with Gasteiger partial charge < -0.3 is 15.7 Å². The maximum atomic E-state index is 12.6. The van der Waals surface area contributed by atoms with Gasteiger partial charge >= 0.3 is 0 Å². The molecule has 0 aromatic carbocycles. The number of amides is 1. The van der Waals surface area contributed by atoms with Crippen molar-refractivity contribution in [3.63, 3.8) is 0 Å². The normalized spacial score (nSPS) is 21.1. The molecule has 1 aliphatic heterocycles. The number of rotatable bonds is 6. The maximum Gasteiger partial charge on any atom is 0.273 e. The molecule has 3 N–H and O–H groups in total. The lowest BCUT2D eigenvalue weighted by atomic mass is 10.1. The van der Waals surface area contributed by atoms with Gasteiger partial charge in [0.15, 0.2) is 0 Å². The number of aliphatic hydroxyl groups excluding tert-OH is 1. The molecule has 0 radical (unpaired) electrons. The van der Waals surface area contributed by atoms with Gasteiger partial charge in [-0.05, 0) is 19.9 Å². The summed E-state index contributed by atoms with van der Waals surface area (Å²) < 4.78 is 0. The highest BCUT2D eigenvalue weighted by Crippen LogP contribution is 2.17. The number of piperazine rings is 1.